The minimum atomic E-state index is -1.10. The molecule has 0 amide bonds. The van der Waals surface area contributed by atoms with Crippen molar-refractivity contribution in [3.05, 3.63) is 29.8 Å². The van der Waals surface area contributed by atoms with Crippen LogP contribution in [0.15, 0.2) is 24.3 Å². The smallest absolute Gasteiger partial charge is 0.365 e. The second-order valence-corrected chi connectivity index (χ2v) is 2.87. The van der Waals surface area contributed by atoms with Crippen molar-refractivity contribution in [2.45, 2.75) is 12.5 Å². The maximum Gasteiger partial charge on any atom is 0.365 e. The Morgan fingerprint density at radius 1 is 1.50 bits per heavy atom. The molecule has 1 atom stereocenters. The number of carbonyl (C=O) groups is 1. The third-order valence-electron chi connectivity index (χ3n) is 1.77. The van der Waals surface area contributed by atoms with Crippen LogP contribution in [0.2, 0.25) is 0 Å². The first-order chi connectivity index (χ1) is 6.63. The Balaban J connectivity index is 2.60. The van der Waals surface area contributed by atoms with Gasteiger partial charge in [-0.1, -0.05) is 12.1 Å². The number of aromatic hydroxyl groups is 1. The molecule has 0 heterocycles. The first-order valence-electron chi connectivity index (χ1n) is 3.99. The standard InChI is InChI=1S/C9H10FNO3/c10-14-9(13)8(11)5-6-1-3-7(12)4-2-6/h1-4,8,12H,5,11H2/t8-/m0/s1. The van der Waals surface area contributed by atoms with Crippen molar-refractivity contribution in [1.29, 1.82) is 0 Å². The molecule has 1 aromatic carbocycles. The van der Waals surface area contributed by atoms with Crippen LogP contribution in [-0.4, -0.2) is 17.1 Å². The zero-order chi connectivity index (χ0) is 10.6. The van der Waals surface area contributed by atoms with Gasteiger partial charge in [0.2, 0.25) is 0 Å². The third-order valence-corrected chi connectivity index (χ3v) is 1.77. The minimum Gasteiger partial charge on any atom is -0.508 e. The normalized spacial score (nSPS) is 12.1. The van der Waals surface area contributed by atoms with E-state index >= 15 is 0 Å². The SMILES string of the molecule is N[C@@H](Cc1ccc(O)cc1)C(=O)OF. The lowest BCUT2D eigenvalue weighted by atomic mass is 10.1. The molecule has 0 unspecified atom stereocenters. The topological polar surface area (TPSA) is 72.5 Å². The molecule has 5 heteroatoms. The van der Waals surface area contributed by atoms with Crippen molar-refractivity contribution in [3.63, 3.8) is 0 Å². The van der Waals surface area contributed by atoms with Crippen LogP contribution in [0.4, 0.5) is 4.53 Å². The number of rotatable bonds is 3. The second kappa shape index (κ2) is 4.57. The summed E-state index contributed by atoms with van der Waals surface area (Å²) in [5.41, 5.74) is 6.04. The van der Waals surface area contributed by atoms with Crippen molar-refractivity contribution in [2.75, 3.05) is 0 Å². The van der Waals surface area contributed by atoms with Gasteiger partial charge in [0, 0.05) is 4.53 Å². The van der Waals surface area contributed by atoms with E-state index < -0.39 is 12.0 Å². The van der Waals surface area contributed by atoms with E-state index in [1.165, 1.54) is 12.1 Å². The second-order valence-electron chi connectivity index (χ2n) is 2.87. The molecule has 0 aliphatic carbocycles. The first-order valence-corrected chi connectivity index (χ1v) is 3.99. The van der Waals surface area contributed by atoms with Gasteiger partial charge in [-0.25, -0.2) is 4.79 Å². The minimum absolute atomic E-state index is 0.121. The molecule has 0 radical (unpaired) electrons. The van der Waals surface area contributed by atoms with E-state index in [0.29, 0.717) is 0 Å². The highest BCUT2D eigenvalue weighted by Gasteiger charge is 2.16. The lowest BCUT2D eigenvalue weighted by Crippen LogP contribution is -2.32. The number of nitrogens with two attached hydrogens (primary N) is 1. The van der Waals surface area contributed by atoms with Crippen molar-refractivity contribution >= 4 is 5.97 Å². The number of carbonyl (C=O) groups excluding carboxylic acids is 1. The summed E-state index contributed by atoms with van der Waals surface area (Å²) in [6, 6.07) is 5.09. The highest BCUT2D eigenvalue weighted by Crippen LogP contribution is 2.11. The Bertz CT molecular complexity index is 312. The Morgan fingerprint density at radius 3 is 2.57 bits per heavy atom. The summed E-state index contributed by atoms with van der Waals surface area (Å²) in [6.07, 6.45) is 0.170. The van der Waals surface area contributed by atoms with E-state index in [4.69, 9.17) is 10.8 Å². The van der Waals surface area contributed by atoms with Crippen LogP contribution in [0.3, 0.4) is 0 Å². The zero-order valence-corrected chi connectivity index (χ0v) is 7.31. The Kier molecular flexibility index (Phi) is 3.41. The van der Waals surface area contributed by atoms with Crippen molar-refractivity contribution in [3.8, 4) is 5.75 Å². The van der Waals surface area contributed by atoms with E-state index in [1.54, 1.807) is 12.1 Å². The summed E-state index contributed by atoms with van der Waals surface area (Å²) >= 11 is 0. The highest BCUT2D eigenvalue weighted by atomic mass is 19.3. The fourth-order valence-electron chi connectivity index (χ4n) is 1.03. The van der Waals surface area contributed by atoms with Gasteiger partial charge in [0.15, 0.2) is 0 Å². The molecule has 0 bridgehead atoms. The van der Waals surface area contributed by atoms with Crippen LogP contribution >= 0.6 is 0 Å². The van der Waals surface area contributed by atoms with Crippen LogP contribution in [0, 0.1) is 0 Å². The van der Waals surface area contributed by atoms with Crippen LogP contribution in [0.25, 0.3) is 0 Å². The number of hydrogen-bond acceptors (Lipinski definition) is 4. The summed E-state index contributed by atoms with van der Waals surface area (Å²) in [5.74, 6) is -0.978. The van der Waals surface area contributed by atoms with Crippen LogP contribution < -0.4 is 5.73 Å². The van der Waals surface area contributed by atoms with Gasteiger partial charge in [-0.2, -0.15) is 0 Å². The molecule has 0 fully saturated rings. The number of hydrogen-bond donors (Lipinski definition) is 2. The molecule has 3 N–H and O–H groups in total. The Labute approximate surface area is 80.0 Å². The first kappa shape index (κ1) is 10.5. The van der Waals surface area contributed by atoms with E-state index in [1.807, 2.05) is 0 Å². The van der Waals surface area contributed by atoms with Gasteiger partial charge in [-0.15, -0.1) is 0 Å². The number of halogens is 1. The molecular formula is C9H10FNO3. The lowest BCUT2D eigenvalue weighted by Gasteiger charge is -2.06. The molecule has 76 valence electrons. The largest absolute Gasteiger partial charge is 0.508 e. The molecule has 0 aliphatic heterocycles. The van der Waals surface area contributed by atoms with Gasteiger partial charge in [0.05, 0.1) is 0 Å². The highest BCUT2D eigenvalue weighted by molar-refractivity contribution is 5.75. The average Bonchev–Trinajstić information content (AvgIpc) is 2.20. The predicted octanol–water partition coefficient (Wildman–Crippen LogP) is 0.690. The van der Waals surface area contributed by atoms with Crippen molar-refractivity contribution < 1.29 is 19.4 Å². The van der Waals surface area contributed by atoms with Crippen LogP contribution in [0.1, 0.15) is 5.56 Å². The summed E-state index contributed by atoms with van der Waals surface area (Å²) in [7, 11) is 0. The van der Waals surface area contributed by atoms with Crippen LogP contribution in [0.5, 0.6) is 5.75 Å². The number of phenolic OH excluding ortho intramolecular Hbond substituents is 1. The molecular weight excluding hydrogens is 189 g/mol. The molecule has 0 aliphatic rings. The van der Waals surface area contributed by atoms with Crippen molar-refractivity contribution in [2.24, 2.45) is 5.73 Å². The van der Waals surface area contributed by atoms with Crippen LogP contribution in [-0.2, 0) is 16.2 Å². The van der Waals surface area contributed by atoms with Gasteiger partial charge in [0.1, 0.15) is 11.8 Å². The summed E-state index contributed by atoms with van der Waals surface area (Å²) in [5, 5.41) is 8.96. The lowest BCUT2D eigenvalue weighted by molar-refractivity contribution is -0.185. The summed E-state index contributed by atoms with van der Waals surface area (Å²) < 4.78 is 11.4. The maximum atomic E-state index is 11.4. The van der Waals surface area contributed by atoms with Gasteiger partial charge in [-0.3, -0.25) is 4.94 Å². The fraction of sp³-hybridized carbons (Fsp3) is 0.222. The zero-order valence-electron chi connectivity index (χ0n) is 7.31. The molecule has 0 saturated heterocycles. The Morgan fingerprint density at radius 2 is 2.07 bits per heavy atom. The molecule has 0 saturated carbocycles. The van der Waals surface area contributed by atoms with E-state index in [9.17, 15) is 9.32 Å². The fourth-order valence-corrected chi connectivity index (χ4v) is 1.03. The van der Waals surface area contributed by atoms with E-state index in [2.05, 4.69) is 4.94 Å². The van der Waals surface area contributed by atoms with E-state index in [0.717, 1.165) is 5.56 Å². The molecule has 0 aromatic heterocycles. The third kappa shape index (κ3) is 2.70. The van der Waals surface area contributed by atoms with Crippen molar-refractivity contribution in [1.82, 2.24) is 0 Å². The molecule has 4 nitrogen and oxygen atoms in total. The van der Waals surface area contributed by atoms with Gasteiger partial charge in [0.25, 0.3) is 0 Å². The van der Waals surface area contributed by atoms with Gasteiger partial charge >= 0.3 is 5.97 Å². The number of phenols is 1. The molecule has 0 spiro atoms. The molecule has 14 heavy (non-hydrogen) atoms. The maximum absolute atomic E-state index is 11.4. The van der Waals surface area contributed by atoms with E-state index in [-0.39, 0.29) is 12.2 Å². The Hall–Kier alpha value is -1.62. The summed E-state index contributed by atoms with van der Waals surface area (Å²) in [4.78, 5) is 13.6. The van der Waals surface area contributed by atoms with Gasteiger partial charge < -0.3 is 10.8 Å². The molecule has 1 rings (SSSR count). The number of benzene rings is 1. The monoisotopic (exact) mass is 199 g/mol. The summed E-state index contributed by atoms with van der Waals surface area (Å²) in [6.45, 7) is 0. The average molecular weight is 199 g/mol. The predicted molar refractivity (Wildman–Crippen MR) is 47.0 cm³/mol. The quantitative estimate of drug-likeness (QED) is 0.751. The molecule has 1 aromatic rings. The van der Waals surface area contributed by atoms with Gasteiger partial charge in [-0.05, 0) is 24.1 Å².